The molecule has 0 aromatic carbocycles. The van der Waals surface area contributed by atoms with Crippen LogP contribution >= 0.6 is 93.9 Å². The van der Waals surface area contributed by atoms with E-state index in [2.05, 4.69) is 27.1 Å². The van der Waals surface area contributed by atoms with Gasteiger partial charge in [0, 0.05) is 0 Å². The van der Waals surface area contributed by atoms with Crippen molar-refractivity contribution in [2.45, 2.75) is 36.6 Å². The molecule has 30 N–H and O–H groups in total. The van der Waals surface area contributed by atoms with E-state index in [1.54, 1.807) is 0 Å². The second-order valence-corrected chi connectivity index (χ2v) is 22.8. The summed E-state index contributed by atoms with van der Waals surface area (Å²) in [4.78, 5) is 239. The molecule has 48 nitrogen and oxygen atoms in total. The Labute approximate surface area is 359 Å². The Balaban J connectivity index is -0.000000239. The summed E-state index contributed by atoms with van der Waals surface area (Å²) in [5.74, 6) is 0. The van der Waals surface area contributed by atoms with Crippen molar-refractivity contribution < 1.29 is 229 Å². The highest BCUT2D eigenvalue weighted by Gasteiger charge is 2.62. The first kappa shape index (κ1) is 78.7. The summed E-state index contributed by atoms with van der Waals surface area (Å²) < 4.78 is 146. The molecule has 1 aliphatic rings. The van der Waals surface area contributed by atoms with Crippen LogP contribution in [0.1, 0.15) is 0 Å². The molecule has 1 fully saturated rings. The maximum atomic E-state index is 11.4. The van der Waals surface area contributed by atoms with Crippen LogP contribution in [0.15, 0.2) is 0 Å². The van der Waals surface area contributed by atoms with Crippen LogP contribution in [-0.2, 0) is 81.9 Å². The van der Waals surface area contributed by atoms with Crippen LogP contribution in [0, 0.1) is 0 Å². The van der Waals surface area contributed by atoms with E-state index in [0.717, 1.165) is 0 Å². The highest BCUT2D eigenvalue weighted by molar-refractivity contribution is 7.48. The third-order valence-electron chi connectivity index (χ3n) is 3.50. The highest BCUT2D eigenvalue weighted by Crippen LogP contribution is 2.57. The van der Waals surface area contributed by atoms with Crippen molar-refractivity contribution in [1.29, 1.82) is 0 Å². The van der Waals surface area contributed by atoms with Crippen molar-refractivity contribution >= 4 is 93.9 Å². The molecule has 0 unspecified atom stereocenters. The van der Waals surface area contributed by atoms with Crippen LogP contribution in [-0.4, -0.2) is 183 Å². The Morgan fingerprint density at radius 3 is 0.242 bits per heavy atom. The maximum Gasteiger partial charge on any atom is 0.470 e. The molecular weight excluding hydrogens is 1210 g/mol. The van der Waals surface area contributed by atoms with Crippen LogP contribution in [0.3, 0.4) is 0 Å². The lowest BCUT2D eigenvalue weighted by Crippen LogP contribution is -2.66. The van der Waals surface area contributed by atoms with E-state index in [0.29, 0.717) is 0 Å². The predicted molar refractivity (Wildman–Crippen MR) is 187 cm³/mol. The van der Waals surface area contributed by atoms with Gasteiger partial charge in [0.05, 0.1) is 0 Å². The molecule has 0 spiro atoms. The van der Waals surface area contributed by atoms with Gasteiger partial charge in [0.25, 0.3) is 0 Å². The van der Waals surface area contributed by atoms with Crippen molar-refractivity contribution in [3.63, 3.8) is 0 Å². The summed E-state index contributed by atoms with van der Waals surface area (Å²) in [5, 5.41) is 0. The average molecular weight is 1250 g/mol. The van der Waals surface area contributed by atoms with E-state index in [1.807, 2.05) is 0 Å². The molecule has 60 heteroatoms. The molecule has 66 heavy (non-hydrogen) atoms. The van der Waals surface area contributed by atoms with E-state index < -0.39 is 130 Å². The quantitative estimate of drug-likeness (QED) is 0.0807. The van der Waals surface area contributed by atoms with Gasteiger partial charge in [0.1, 0.15) is 36.6 Å². The topological polar surface area (TPSA) is 867 Å². The third kappa shape index (κ3) is 88.3. The zero-order valence-electron chi connectivity index (χ0n) is 29.6. The molecule has 0 saturated heterocycles. The Hall–Kier alpha value is 1.32. The fraction of sp³-hybridized carbons (Fsp3) is 1.00. The van der Waals surface area contributed by atoms with Crippen LogP contribution in [0.25, 0.3) is 0 Å². The van der Waals surface area contributed by atoms with Crippen molar-refractivity contribution in [1.82, 2.24) is 0 Å². The normalized spacial score (nSPS) is 21.4. The van der Waals surface area contributed by atoms with Crippen molar-refractivity contribution in [3.8, 4) is 0 Å². The average Bonchev–Trinajstić information content (AvgIpc) is 2.80. The van der Waals surface area contributed by atoms with Crippen LogP contribution in [0.2, 0.25) is 0 Å². The zero-order valence-corrected chi connectivity index (χ0v) is 40.3. The van der Waals surface area contributed by atoms with Gasteiger partial charge in [-0.1, -0.05) is 0 Å². The SMILES string of the molecule is O=P(O)(O)O.O=P(O)(O)O.O=P(O)(O)O.O=P(O)(O)O.O=P(O)(O)O.O=P(O)(O)O.O=P(O)(O)O[C@H]1[C@H](OP(=O)(O)O)[C@@H](OP(=O)(O)O)[C@H](OP(=O)(O)O)[C@@H](OP(=O)(O)O)[C@H]1OP(=O)(O)O. The Morgan fingerprint density at radius 1 is 0.167 bits per heavy atom. The smallest absolute Gasteiger partial charge is 0.303 e. The van der Waals surface area contributed by atoms with Crippen molar-refractivity contribution in [2.75, 3.05) is 0 Å². The number of phosphoric acid groups is 12. The Bertz CT molecular complexity index is 1560. The van der Waals surface area contributed by atoms with Crippen molar-refractivity contribution in [2.24, 2.45) is 0 Å². The Morgan fingerprint density at radius 2 is 0.212 bits per heavy atom. The summed E-state index contributed by atoms with van der Waals surface area (Å²) in [5.41, 5.74) is 0. The van der Waals surface area contributed by atoms with Gasteiger partial charge in [-0.25, -0.2) is 54.8 Å². The fourth-order valence-corrected chi connectivity index (χ4v) is 6.14. The number of rotatable bonds is 12. The highest BCUT2D eigenvalue weighted by atomic mass is 31.2. The van der Waals surface area contributed by atoms with Crippen molar-refractivity contribution in [3.05, 3.63) is 0 Å². The molecule has 0 aromatic rings. The molecule has 0 heterocycles. The lowest BCUT2D eigenvalue weighted by atomic mass is 9.85. The Kier molecular flexibility index (Phi) is 35.6. The molecule has 0 amide bonds. The van der Waals surface area contributed by atoms with Gasteiger partial charge < -0.3 is 147 Å². The zero-order chi connectivity index (χ0) is 55.7. The standard InChI is InChI=1S/C6H18O24P6.6H3O4P/c7-31(8,9)25-1-2(26-32(10,11)12)4(28-34(16,17)18)6(30-36(22,23)24)5(29-35(19,20)21)3(1)27-33(13,14)15;6*1-5(2,3)4/h1-6H,(H2,7,8,9)(H2,10,11,12)(H2,13,14,15)(H2,16,17,18)(H2,19,20,21)(H2,22,23,24);6*(H3,1,2,3,4)/t1-,2-,3-,4+,5-,6-;;;;;;. The molecular formula is C6H36O48P12. The van der Waals surface area contributed by atoms with Crippen LogP contribution < -0.4 is 0 Å². The first-order valence-electron chi connectivity index (χ1n) is 12.7. The van der Waals surface area contributed by atoms with Gasteiger partial charge in [-0.15, -0.1) is 0 Å². The molecule has 0 atom stereocenters. The van der Waals surface area contributed by atoms with E-state index in [1.165, 1.54) is 0 Å². The van der Waals surface area contributed by atoms with Crippen LogP contribution in [0.5, 0.6) is 0 Å². The minimum atomic E-state index is -6.02. The fourth-order valence-electron chi connectivity index (χ4n) is 2.79. The second kappa shape index (κ2) is 29.9. The molecule has 0 aromatic heterocycles. The van der Waals surface area contributed by atoms with Crippen LogP contribution in [0.4, 0.5) is 0 Å². The summed E-state index contributed by atoms with van der Waals surface area (Å²) in [6, 6.07) is 0. The maximum absolute atomic E-state index is 11.4. The van der Waals surface area contributed by atoms with Gasteiger partial charge in [0.15, 0.2) is 0 Å². The molecule has 408 valence electrons. The number of hydrogen-bond acceptors (Lipinski definition) is 18. The largest absolute Gasteiger partial charge is 0.470 e. The molecule has 1 aliphatic carbocycles. The van der Waals surface area contributed by atoms with Gasteiger partial charge in [0.2, 0.25) is 0 Å². The lowest BCUT2D eigenvalue weighted by Gasteiger charge is -2.48. The molecule has 0 bridgehead atoms. The minimum Gasteiger partial charge on any atom is -0.303 e. The van der Waals surface area contributed by atoms with Gasteiger partial charge >= 0.3 is 93.9 Å². The molecule has 0 aliphatic heterocycles. The number of hydrogen-bond donors (Lipinski definition) is 30. The molecule has 0 radical (unpaired) electrons. The first-order valence-corrected chi connectivity index (χ1v) is 31.3. The van der Waals surface area contributed by atoms with E-state index in [9.17, 15) is 27.4 Å². The summed E-state index contributed by atoms with van der Waals surface area (Å²) in [7, 11) is -63.9. The van der Waals surface area contributed by atoms with Gasteiger partial charge in [-0.2, -0.15) is 0 Å². The van der Waals surface area contributed by atoms with Gasteiger partial charge in [-0.3, -0.25) is 27.1 Å². The lowest BCUT2D eigenvalue weighted by molar-refractivity contribution is -0.202. The predicted octanol–water partition coefficient (Wildman–Crippen LogP) is -8.70. The summed E-state index contributed by atoms with van der Waals surface area (Å²) in [6.07, 6.45) is -18.9. The molecule has 1 rings (SSSR count). The monoisotopic (exact) mass is 1250 g/mol. The second-order valence-electron chi connectivity index (χ2n) is 9.44. The van der Waals surface area contributed by atoms with E-state index in [-0.39, 0.29) is 0 Å². The first-order chi connectivity index (χ1) is 27.6. The van der Waals surface area contributed by atoms with E-state index in [4.69, 9.17) is 174 Å². The minimum absolute atomic E-state index is 3.14. The summed E-state index contributed by atoms with van der Waals surface area (Å²) >= 11 is 0. The third-order valence-corrected chi connectivity index (χ3v) is 6.61. The molecule has 1 saturated carbocycles. The van der Waals surface area contributed by atoms with E-state index >= 15 is 0 Å². The number of phosphoric ester groups is 6. The summed E-state index contributed by atoms with van der Waals surface area (Å²) in [6.45, 7) is 0. The van der Waals surface area contributed by atoms with Gasteiger partial charge in [-0.05, 0) is 0 Å².